The van der Waals surface area contributed by atoms with Gasteiger partial charge in [-0.25, -0.2) is 0 Å². The molecule has 5 heteroatoms. The first kappa shape index (κ1) is 19.6. The van der Waals surface area contributed by atoms with Crippen molar-refractivity contribution in [3.05, 3.63) is 58.3 Å². The summed E-state index contributed by atoms with van der Waals surface area (Å²) in [5.74, 6) is -0.0874. The summed E-state index contributed by atoms with van der Waals surface area (Å²) in [6.45, 7) is 5.18. The number of hydrogen-bond acceptors (Lipinski definition) is 4. The van der Waals surface area contributed by atoms with Crippen LogP contribution in [0.5, 0.6) is 0 Å². The Labute approximate surface area is 154 Å². The Kier molecular flexibility index (Phi) is 8.12. The topological polar surface area (TPSA) is 49.8 Å². The summed E-state index contributed by atoms with van der Waals surface area (Å²) in [4.78, 5) is 15.4. The fourth-order valence-corrected chi connectivity index (χ4v) is 3.25. The Morgan fingerprint density at radius 3 is 2.64 bits per heavy atom. The third kappa shape index (κ3) is 6.27. The number of ether oxygens (including phenoxy) is 1. The van der Waals surface area contributed by atoms with Crippen molar-refractivity contribution in [2.45, 2.75) is 45.4 Å². The lowest BCUT2D eigenvalue weighted by atomic mass is 10.1. The fourth-order valence-electron chi connectivity index (χ4n) is 2.55. The molecule has 2 rings (SSSR count). The molecule has 0 radical (unpaired) electrons. The zero-order valence-corrected chi connectivity index (χ0v) is 15.7. The van der Waals surface area contributed by atoms with Crippen LogP contribution in [-0.4, -0.2) is 35.2 Å². The largest absolute Gasteiger partial charge is 0.386 e. The summed E-state index contributed by atoms with van der Waals surface area (Å²) in [6, 6.07) is 13.6. The molecule has 25 heavy (non-hydrogen) atoms. The number of nitrogens with zero attached hydrogens (tertiary/aromatic N) is 1. The van der Waals surface area contributed by atoms with E-state index in [2.05, 4.69) is 6.92 Å². The number of aliphatic hydroxyl groups is 1. The average Bonchev–Trinajstić information content (AvgIpc) is 3.16. The number of carbonyl (C=O) groups excluding carboxylic acids is 1. The highest BCUT2D eigenvalue weighted by atomic mass is 32.1. The summed E-state index contributed by atoms with van der Waals surface area (Å²) in [6.07, 6.45) is 0.779. The Morgan fingerprint density at radius 2 is 2.00 bits per heavy atom. The van der Waals surface area contributed by atoms with Crippen molar-refractivity contribution >= 4 is 17.2 Å². The molecule has 0 unspecified atom stereocenters. The molecule has 1 aromatic carbocycles. The summed E-state index contributed by atoms with van der Waals surface area (Å²) >= 11 is 1.50. The number of carbonyl (C=O) groups is 1. The molecule has 0 saturated carbocycles. The number of benzene rings is 1. The van der Waals surface area contributed by atoms with Gasteiger partial charge in [0.25, 0.3) is 5.91 Å². The van der Waals surface area contributed by atoms with E-state index in [1.807, 2.05) is 47.8 Å². The van der Waals surface area contributed by atoms with Crippen LogP contribution in [0.4, 0.5) is 0 Å². The minimum Gasteiger partial charge on any atom is -0.386 e. The van der Waals surface area contributed by atoms with Gasteiger partial charge in [-0.15, -0.1) is 11.3 Å². The van der Waals surface area contributed by atoms with Crippen LogP contribution < -0.4 is 0 Å². The summed E-state index contributed by atoms with van der Waals surface area (Å²) in [5, 5.41) is 12.4. The van der Waals surface area contributed by atoms with E-state index in [9.17, 15) is 9.90 Å². The predicted octanol–water partition coefficient (Wildman–Crippen LogP) is 4.02. The van der Waals surface area contributed by atoms with Crippen LogP contribution in [0.3, 0.4) is 0 Å². The predicted molar refractivity (Wildman–Crippen MR) is 101 cm³/mol. The normalized spacial score (nSPS) is 13.4. The molecule has 0 fully saturated rings. The lowest BCUT2D eigenvalue weighted by molar-refractivity contribution is -0.144. The van der Waals surface area contributed by atoms with Gasteiger partial charge in [-0.05, 0) is 30.4 Å². The lowest BCUT2D eigenvalue weighted by Crippen LogP contribution is -2.41. The number of rotatable bonds is 10. The van der Waals surface area contributed by atoms with Crippen molar-refractivity contribution in [1.82, 2.24) is 4.90 Å². The van der Waals surface area contributed by atoms with Crippen molar-refractivity contribution in [3.63, 3.8) is 0 Å². The zero-order valence-electron chi connectivity index (χ0n) is 14.9. The third-order valence-electron chi connectivity index (χ3n) is 4.01. The van der Waals surface area contributed by atoms with Crippen LogP contribution in [0.15, 0.2) is 47.8 Å². The molecule has 136 valence electrons. The Morgan fingerprint density at radius 1 is 1.24 bits per heavy atom. The second kappa shape index (κ2) is 10.3. The van der Waals surface area contributed by atoms with Crippen LogP contribution in [0.25, 0.3) is 0 Å². The van der Waals surface area contributed by atoms with E-state index in [1.165, 1.54) is 11.3 Å². The van der Waals surface area contributed by atoms with Crippen LogP contribution in [0.1, 0.15) is 43.2 Å². The van der Waals surface area contributed by atoms with Gasteiger partial charge >= 0.3 is 0 Å². The molecule has 1 N–H and O–H groups in total. The number of aliphatic hydroxyl groups excluding tert-OH is 1. The van der Waals surface area contributed by atoms with Crippen molar-refractivity contribution in [2.75, 3.05) is 13.2 Å². The number of hydrogen-bond donors (Lipinski definition) is 1. The first-order valence-electron chi connectivity index (χ1n) is 8.77. The molecular weight excluding hydrogens is 334 g/mol. The maximum atomic E-state index is 12.8. The molecule has 1 heterocycles. The fraction of sp³-hybridized carbons (Fsp3) is 0.450. The van der Waals surface area contributed by atoms with Crippen LogP contribution in [0, 0.1) is 0 Å². The smallest absolute Gasteiger partial charge is 0.251 e. The van der Waals surface area contributed by atoms with Crippen LogP contribution in [0.2, 0.25) is 0 Å². The van der Waals surface area contributed by atoms with E-state index >= 15 is 0 Å². The molecule has 0 bridgehead atoms. The van der Waals surface area contributed by atoms with Gasteiger partial charge in [0.05, 0.1) is 6.54 Å². The van der Waals surface area contributed by atoms with Crippen LogP contribution >= 0.6 is 11.3 Å². The highest BCUT2D eigenvalue weighted by Gasteiger charge is 2.24. The molecule has 2 aromatic rings. The van der Waals surface area contributed by atoms with Crippen molar-refractivity contribution in [2.24, 2.45) is 0 Å². The SMILES string of the molecule is CCCCO[C@@H](C)C(=O)N(Cc1ccccc1)C[C@@H](O)c1cccs1. The Bertz CT molecular complexity index is 615. The van der Waals surface area contributed by atoms with Gasteiger partial charge in [0.2, 0.25) is 0 Å². The molecule has 1 aromatic heterocycles. The third-order valence-corrected chi connectivity index (χ3v) is 4.98. The molecular formula is C20H27NO3S. The highest BCUT2D eigenvalue weighted by molar-refractivity contribution is 7.10. The van der Waals surface area contributed by atoms with E-state index in [-0.39, 0.29) is 12.5 Å². The maximum Gasteiger partial charge on any atom is 0.251 e. The average molecular weight is 362 g/mol. The molecule has 0 spiro atoms. The molecule has 4 nitrogen and oxygen atoms in total. The summed E-state index contributed by atoms with van der Waals surface area (Å²) < 4.78 is 5.66. The Balaban J connectivity index is 2.06. The zero-order chi connectivity index (χ0) is 18.1. The quantitative estimate of drug-likeness (QED) is 0.650. The monoisotopic (exact) mass is 361 g/mol. The van der Waals surface area contributed by atoms with E-state index in [0.29, 0.717) is 13.2 Å². The maximum absolute atomic E-state index is 12.8. The Hall–Kier alpha value is -1.69. The van der Waals surface area contributed by atoms with E-state index < -0.39 is 12.2 Å². The first-order chi connectivity index (χ1) is 12.1. The molecule has 2 atom stereocenters. The van der Waals surface area contributed by atoms with Gasteiger partial charge in [0.15, 0.2) is 0 Å². The second-order valence-electron chi connectivity index (χ2n) is 6.10. The summed E-state index contributed by atoms with van der Waals surface area (Å²) in [7, 11) is 0. The number of thiophene rings is 1. The highest BCUT2D eigenvalue weighted by Crippen LogP contribution is 2.21. The minimum atomic E-state index is -0.685. The number of unbranched alkanes of at least 4 members (excludes halogenated alkanes) is 1. The molecule has 1 amide bonds. The van der Waals surface area contributed by atoms with Gasteiger partial charge in [-0.1, -0.05) is 49.7 Å². The van der Waals surface area contributed by atoms with Crippen LogP contribution in [-0.2, 0) is 16.1 Å². The van der Waals surface area contributed by atoms with Gasteiger partial charge < -0.3 is 14.7 Å². The van der Waals surface area contributed by atoms with Gasteiger partial charge in [-0.2, -0.15) is 0 Å². The lowest BCUT2D eigenvalue weighted by Gasteiger charge is -2.28. The number of amides is 1. The minimum absolute atomic E-state index is 0.0874. The van der Waals surface area contributed by atoms with Crippen molar-refractivity contribution in [3.8, 4) is 0 Å². The molecule has 0 aliphatic rings. The second-order valence-corrected chi connectivity index (χ2v) is 7.08. The van der Waals surface area contributed by atoms with Crippen molar-refractivity contribution in [1.29, 1.82) is 0 Å². The standard InChI is InChI=1S/C20H27NO3S/c1-3-4-12-24-16(2)20(23)21(14-17-9-6-5-7-10-17)15-18(22)19-11-8-13-25-19/h5-11,13,16,18,22H,3-4,12,14-15H2,1-2H3/t16-,18+/m0/s1. The molecule has 0 aliphatic carbocycles. The first-order valence-corrected chi connectivity index (χ1v) is 9.65. The van der Waals surface area contributed by atoms with Gasteiger partial charge in [0, 0.05) is 18.0 Å². The van der Waals surface area contributed by atoms with Gasteiger partial charge in [0.1, 0.15) is 12.2 Å². The van der Waals surface area contributed by atoms with Crippen molar-refractivity contribution < 1.29 is 14.6 Å². The van der Waals surface area contributed by atoms with E-state index in [0.717, 1.165) is 23.3 Å². The summed E-state index contributed by atoms with van der Waals surface area (Å²) in [5.41, 5.74) is 1.04. The van der Waals surface area contributed by atoms with Gasteiger partial charge in [-0.3, -0.25) is 4.79 Å². The molecule has 0 aliphatic heterocycles. The van der Waals surface area contributed by atoms with E-state index in [4.69, 9.17) is 4.74 Å². The van der Waals surface area contributed by atoms with E-state index in [1.54, 1.807) is 11.8 Å². The molecule has 0 saturated heterocycles.